The van der Waals surface area contributed by atoms with Gasteiger partial charge < -0.3 is 5.32 Å². The lowest BCUT2D eigenvalue weighted by Crippen LogP contribution is -2.16. The summed E-state index contributed by atoms with van der Waals surface area (Å²) in [6.45, 7) is 4.00. The van der Waals surface area contributed by atoms with Gasteiger partial charge in [-0.3, -0.25) is 14.9 Å². The van der Waals surface area contributed by atoms with Gasteiger partial charge in [-0.25, -0.2) is 0 Å². The van der Waals surface area contributed by atoms with Crippen LogP contribution in [0.2, 0.25) is 0 Å². The Hall–Kier alpha value is -3.46. The molecule has 6 nitrogen and oxygen atoms in total. The van der Waals surface area contributed by atoms with E-state index in [4.69, 9.17) is 0 Å². The highest BCUT2D eigenvalue weighted by atomic mass is 16.6. The first kappa shape index (κ1) is 18.9. The number of benzene rings is 2. The molecule has 0 spiro atoms. The van der Waals surface area contributed by atoms with Gasteiger partial charge in [0.25, 0.3) is 11.6 Å². The summed E-state index contributed by atoms with van der Waals surface area (Å²) in [5.74, 6) is -0.499. The van der Waals surface area contributed by atoms with Crippen LogP contribution in [0.3, 0.4) is 0 Å². The van der Waals surface area contributed by atoms with E-state index in [-0.39, 0.29) is 11.3 Å². The van der Waals surface area contributed by atoms with Gasteiger partial charge in [0.15, 0.2) is 0 Å². The Balaban J connectivity index is 2.30. The Labute approximate surface area is 151 Å². The Morgan fingerprint density at radius 1 is 1.15 bits per heavy atom. The van der Waals surface area contributed by atoms with E-state index in [1.807, 2.05) is 38.1 Å². The van der Waals surface area contributed by atoms with Gasteiger partial charge in [-0.15, -0.1) is 0 Å². The van der Waals surface area contributed by atoms with Crippen molar-refractivity contribution in [1.29, 1.82) is 5.26 Å². The van der Waals surface area contributed by atoms with Gasteiger partial charge in [0.1, 0.15) is 11.6 Å². The van der Waals surface area contributed by atoms with Crippen molar-refractivity contribution < 1.29 is 9.72 Å². The van der Waals surface area contributed by atoms with E-state index in [0.717, 1.165) is 29.7 Å². The molecule has 0 aliphatic rings. The van der Waals surface area contributed by atoms with Gasteiger partial charge >= 0.3 is 0 Å². The molecule has 0 unspecified atom stereocenters. The van der Waals surface area contributed by atoms with E-state index in [2.05, 4.69) is 5.32 Å². The summed E-state index contributed by atoms with van der Waals surface area (Å²) in [6, 6.07) is 13.4. The summed E-state index contributed by atoms with van der Waals surface area (Å²) in [7, 11) is 0. The van der Waals surface area contributed by atoms with Crippen LogP contribution in [0.4, 0.5) is 11.4 Å². The summed E-state index contributed by atoms with van der Waals surface area (Å²) >= 11 is 0. The molecule has 0 saturated carbocycles. The number of hydrogen-bond acceptors (Lipinski definition) is 4. The third kappa shape index (κ3) is 4.33. The number of aryl methyl sites for hydroxylation is 2. The fourth-order valence-corrected chi connectivity index (χ4v) is 2.59. The minimum absolute atomic E-state index is 0.0467. The van der Waals surface area contributed by atoms with Crippen molar-refractivity contribution in [1.82, 2.24) is 0 Å². The molecule has 0 aliphatic carbocycles. The van der Waals surface area contributed by atoms with Crippen molar-refractivity contribution >= 4 is 23.4 Å². The first-order valence-electron chi connectivity index (χ1n) is 8.28. The number of non-ortho nitro benzene ring substituents is 1. The van der Waals surface area contributed by atoms with Gasteiger partial charge in [0, 0.05) is 17.8 Å². The molecule has 0 fully saturated rings. The van der Waals surface area contributed by atoms with Crippen molar-refractivity contribution in [3.63, 3.8) is 0 Å². The molecule has 0 heterocycles. The van der Waals surface area contributed by atoms with E-state index < -0.39 is 10.8 Å². The molecule has 1 N–H and O–H groups in total. The van der Waals surface area contributed by atoms with Crippen molar-refractivity contribution in [2.45, 2.75) is 26.7 Å². The second-order valence-corrected chi connectivity index (χ2v) is 5.63. The van der Waals surface area contributed by atoms with Crippen molar-refractivity contribution in [2.24, 2.45) is 0 Å². The second-order valence-electron chi connectivity index (χ2n) is 5.63. The van der Waals surface area contributed by atoms with Crippen LogP contribution in [0.1, 0.15) is 30.5 Å². The van der Waals surface area contributed by atoms with Crippen molar-refractivity contribution in [3.8, 4) is 6.07 Å². The third-order valence-corrected chi connectivity index (χ3v) is 4.02. The van der Waals surface area contributed by atoms with Crippen LogP contribution in [-0.4, -0.2) is 10.8 Å². The minimum Gasteiger partial charge on any atom is -0.321 e. The van der Waals surface area contributed by atoms with Crippen LogP contribution in [0, 0.1) is 21.4 Å². The van der Waals surface area contributed by atoms with E-state index in [1.54, 1.807) is 0 Å². The van der Waals surface area contributed by atoms with Crippen molar-refractivity contribution in [3.05, 3.63) is 74.8 Å². The van der Waals surface area contributed by atoms with Crippen LogP contribution < -0.4 is 5.32 Å². The molecule has 2 aromatic carbocycles. The van der Waals surface area contributed by atoms with E-state index in [1.165, 1.54) is 30.3 Å². The Morgan fingerprint density at radius 2 is 1.73 bits per heavy atom. The summed E-state index contributed by atoms with van der Waals surface area (Å²) in [5.41, 5.74) is 3.19. The highest BCUT2D eigenvalue weighted by Gasteiger charge is 2.14. The molecule has 0 aliphatic heterocycles. The number of nitro benzene ring substituents is 1. The van der Waals surface area contributed by atoms with Crippen LogP contribution in [0.5, 0.6) is 0 Å². The maximum Gasteiger partial charge on any atom is 0.269 e. The lowest BCUT2D eigenvalue weighted by Gasteiger charge is -2.14. The second kappa shape index (κ2) is 8.58. The molecule has 0 saturated heterocycles. The lowest BCUT2D eigenvalue weighted by atomic mass is 10.0. The number of nitriles is 1. The average molecular weight is 349 g/mol. The summed E-state index contributed by atoms with van der Waals surface area (Å²) in [6.07, 6.45) is 2.94. The van der Waals surface area contributed by atoms with Gasteiger partial charge in [-0.2, -0.15) is 5.26 Å². The van der Waals surface area contributed by atoms with Crippen LogP contribution in [0.25, 0.3) is 6.08 Å². The Kier molecular flexibility index (Phi) is 6.23. The van der Waals surface area contributed by atoms with Crippen molar-refractivity contribution in [2.75, 3.05) is 5.32 Å². The van der Waals surface area contributed by atoms with Gasteiger partial charge in [0.05, 0.1) is 4.92 Å². The number of rotatable bonds is 6. The normalized spacial score (nSPS) is 10.9. The topological polar surface area (TPSA) is 96.0 Å². The summed E-state index contributed by atoms with van der Waals surface area (Å²) in [5, 5.41) is 22.9. The monoisotopic (exact) mass is 349 g/mol. The minimum atomic E-state index is -0.501. The largest absolute Gasteiger partial charge is 0.321 e. The lowest BCUT2D eigenvalue weighted by molar-refractivity contribution is -0.384. The number of nitro groups is 1. The highest BCUT2D eigenvalue weighted by molar-refractivity contribution is 6.10. The van der Waals surface area contributed by atoms with E-state index in [0.29, 0.717) is 5.56 Å². The predicted octanol–water partition coefficient (Wildman–Crippen LogP) is 4.27. The molecular formula is C20H19N3O3. The molecule has 6 heteroatoms. The smallest absolute Gasteiger partial charge is 0.269 e. The zero-order valence-electron chi connectivity index (χ0n) is 14.7. The first-order valence-corrected chi connectivity index (χ1v) is 8.28. The third-order valence-electron chi connectivity index (χ3n) is 4.02. The maximum atomic E-state index is 12.5. The first-order chi connectivity index (χ1) is 12.5. The SMILES string of the molecule is CCc1cccc(CC)c1NC(=O)/C(C#N)=C/c1ccc([N+](=O)[O-])cc1. The molecule has 132 valence electrons. The summed E-state index contributed by atoms with van der Waals surface area (Å²) in [4.78, 5) is 22.7. The maximum absolute atomic E-state index is 12.5. The number of para-hydroxylation sites is 1. The Morgan fingerprint density at radius 3 is 2.19 bits per heavy atom. The van der Waals surface area contributed by atoms with Crippen LogP contribution in [0.15, 0.2) is 48.0 Å². The zero-order valence-corrected chi connectivity index (χ0v) is 14.7. The van der Waals surface area contributed by atoms with Gasteiger partial charge in [-0.05, 0) is 47.7 Å². The number of nitrogens with one attached hydrogen (secondary N) is 1. The molecule has 0 aromatic heterocycles. The molecule has 0 atom stereocenters. The average Bonchev–Trinajstić information content (AvgIpc) is 2.66. The Bertz CT molecular complexity index is 871. The number of carbonyl (C=O) groups is 1. The zero-order chi connectivity index (χ0) is 19.1. The number of anilines is 1. The molecular weight excluding hydrogens is 330 g/mol. The molecule has 1 amide bonds. The van der Waals surface area contributed by atoms with E-state index >= 15 is 0 Å². The van der Waals surface area contributed by atoms with Crippen LogP contribution in [-0.2, 0) is 17.6 Å². The predicted molar refractivity (Wildman–Crippen MR) is 101 cm³/mol. The van der Waals surface area contributed by atoms with Gasteiger partial charge in [-0.1, -0.05) is 32.0 Å². The fraction of sp³-hybridized carbons (Fsp3) is 0.200. The molecule has 0 bridgehead atoms. The van der Waals surface area contributed by atoms with Crippen LogP contribution >= 0.6 is 0 Å². The van der Waals surface area contributed by atoms with Gasteiger partial charge in [0.2, 0.25) is 0 Å². The molecule has 2 rings (SSSR count). The fourth-order valence-electron chi connectivity index (χ4n) is 2.59. The number of amides is 1. The molecule has 0 radical (unpaired) electrons. The van der Waals surface area contributed by atoms with E-state index in [9.17, 15) is 20.2 Å². The number of hydrogen-bond donors (Lipinski definition) is 1. The quantitative estimate of drug-likeness (QED) is 0.365. The summed E-state index contributed by atoms with van der Waals surface area (Å²) < 4.78 is 0. The number of carbonyl (C=O) groups excluding carboxylic acids is 1. The molecule has 2 aromatic rings. The number of nitrogens with zero attached hydrogens (tertiary/aromatic N) is 2. The molecule has 26 heavy (non-hydrogen) atoms. The highest BCUT2D eigenvalue weighted by Crippen LogP contribution is 2.23. The standard InChI is InChI=1S/C20H19N3O3/c1-3-15-6-5-7-16(4-2)19(15)22-20(24)17(13-21)12-14-8-10-18(11-9-14)23(25)26/h5-12H,3-4H2,1-2H3,(H,22,24)/b17-12+.